The molecule has 1 saturated heterocycles. The Morgan fingerprint density at radius 3 is 2.23 bits per heavy atom. The lowest BCUT2D eigenvalue weighted by molar-refractivity contribution is 0.0724. The van der Waals surface area contributed by atoms with E-state index in [1.807, 2.05) is 17.0 Å². The van der Waals surface area contributed by atoms with Crippen molar-refractivity contribution < 1.29 is 9.53 Å². The minimum absolute atomic E-state index is 0.195. The number of hydrogen-bond donors (Lipinski definition) is 0. The van der Waals surface area contributed by atoms with Gasteiger partial charge in [-0.05, 0) is 69.1 Å². The first-order chi connectivity index (χ1) is 12.8. The summed E-state index contributed by atoms with van der Waals surface area (Å²) in [6, 6.07) is 8.22. The van der Waals surface area contributed by atoms with E-state index in [9.17, 15) is 4.79 Å². The van der Waals surface area contributed by atoms with Crippen LogP contribution in [0.3, 0.4) is 0 Å². The second-order valence-electron chi connectivity index (χ2n) is 7.22. The summed E-state index contributed by atoms with van der Waals surface area (Å²) in [4.78, 5) is 14.5. The molecule has 0 spiro atoms. The van der Waals surface area contributed by atoms with Gasteiger partial charge in [-0.1, -0.05) is 40.9 Å². The van der Waals surface area contributed by atoms with Gasteiger partial charge in [0.2, 0.25) is 0 Å². The normalized spacial score (nSPS) is 14.6. The molecule has 0 bridgehead atoms. The fraction of sp³-hybridized carbons (Fsp3) is 0.682. The van der Waals surface area contributed by atoms with E-state index in [1.54, 1.807) is 0 Å². The molecule has 2 rings (SSSR count). The minimum Gasteiger partial charge on any atom is -0.381 e. The van der Waals surface area contributed by atoms with Crippen LogP contribution in [-0.4, -0.2) is 42.4 Å². The molecule has 0 saturated carbocycles. The second-order valence-corrected chi connectivity index (χ2v) is 8.02. The fourth-order valence-electron chi connectivity index (χ4n) is 3.38. The zero-order valence-corrected chi connectivity index (χ0v) is 17.6. The van der Waals surface area contributed by atoms with E-state index in [0.29, 0.717) is 0 Å². The molecule has 26 heavy (non-hydrogen) atoms. The number of rotatable bonds is 12. The quantitative estimate of drug-likeness (QED) is 0.323. The molecule has 0 unspecified atom stereocenters. The molecule has 0 aliphatic carbocycles. The van der Waals surface area contributed by atoms with Gasteiger partial charge in [-0.3, -0.25) is 4.79 Å². The molecule has 1 aromatic carbocycles. The molecule has 0 aromatic heterocycles. The number of likely N-dealkylation sites (tertiary alicyclic amines) is 1. The number of piperidine rings is 1. The highest BCUT2D eigenvalue weighted by molar-refractivity contribution is 9.09. The van der Waals surface area contributed by atoms with Crippen LogP contribution in [0.5, 0.6) is 0 Å². The zero-order chi connectivity index (χ0) is 18.5. The summed E-state index contributed by atoms with van der Waals surface area (Å²) < 4.78 is 5.71. The summed E-state index contributed by atoms with van der Waals surface area (Å²) in [5, 5.41) is 1.11. The number of amides is 1. The number of hydrogen-bond acceptors (Lipinski definition) is 2. The number of nitrogens with zero attached hydrogens (tertiary/aromatic N) is 1. The van der Waals surface area contributed by atoms with Gasteiger partial charge in [-0.25, -0.2) is 0 Å². The molecule has 0 radical (unpaired) electrons. The molecule has 146 valence electrons. The Morgan fingerprint density at radius 2 is 1.54 bits per heavy atom. The molecule has 1 amide bonds. The maximum Gasteiger partial charge on any atom is 0.253 e. The monoisotopic (exact) mass is 423 g/mol. The highest BCUT2D eigenvalue weighted by Crippen LogP contribution is 2.14. The van der Waals surface area contributed by atoms with Crippen LogP contribution in [0.1, 0.15) is 73.7 Å². The number of benzene rings is 1. The third-order valence-electron chi connectivity index (χ3n) is 5.02. The van der Waals surface area contributed by atoms with Crippen LogP contribution in [0.4, 0.5) is 0 Å². The smallest absolute Gasteiger partial charge is 0.253 e. The molecule has 0 N–H and O–H groups in total. The Bertz CT molecular complexity index is 497. The van der Waals surface area contributed by atoms with Gasteiger partial charge in [-0.15, -0.1) is 0 Å². The molecule has 1 aliphatic heterocycles. The van der Waals surface area contributed by atoms with Gasteiger partial charge >= 0.3 is 0 Å². The van der Waals surface area contributed by atoms with E-state index in [-0.39, 0.29) is 5.91 Å². The van der Waals surface area contributed by atoms with Gasteiger partial charge in [0.05, 0.1) is 0 Å². The third-order valence-corrected chi connectivity index (χ3v) is 5.58. The summed E-state index contributed by atoms with van der Waals surface area (Å²) in [7, 11) is 0. The lowest BCUT2D eigenvalue weighted by Crippen LogP contribution is -2.35. The Hall–Kier alpha value is -0.870. The summed E-state index contributed by atoms with van der Waals surface area (Å²) >= 11 is 3.46. The number of unbranched alkanes of at least 4 members (excludes halogenated alkanes) is 4. The van der Waals surface area contributed by atoms with E-state index >= 15 is 0 Å². The predicted molar refractivity (Wildman–Crippen MR) is 112 cm³/mol. The third kappa shape index (κ3) is 8.22. The number of carbonyl (C=O) groups is 1. The largest absolute Gasteiger partial charge is 0.381 e. The summed E-state index contributed by atoms with van der Waals surface area (Å²) in [6.45, 7) is 3.59. The zero-order valence-electron chi connectivity index (χ0n) is 16.1. The van der Waals surface area contributed by atoms with Crippen molar-refractivity contribution in [3.05, 3.63) is 35.4 Å². The van der Waals surface area contributed by atoms with Crippen LogP contribution >= 0.6 is 15.9 Å². The Balaban J connectivity index is 1.55. The van der Waals surface area contributed by atoms with Crippen molar-refractivity contribution in [3.63, 3.8) is 0 Å². The molecule has 1 heterocycles. The average molecular weight is 424 g/mol. The summed E-state index contributed by atoms with van der Waals surface area (Å²) in [6.07, 6.45) is 11.9. The number of alkyl halides is 1. The number of ether oxygens (including phenoxy) is 1. The highest BCUT2D eigenvalue weighted by atomic mass is 79.9. The molecule has 1 fully saturated rings. The summed E-state index contributed by atoms with van der Waals surface area (Å²) in [5.41, 5.74) is 2.15. The van der Waals surface area contributed by atoms with Crippen molar-refractivity contribution >= 4 is 21.8 Å². The molecule has 4 heteroatoms. The van der Waals surface area contributed by atoms with Crippen molar-refractivity contribution in [2.75, 3.05) is 31.6 Å². The first kappa shape index (κ1) is 21.4. The van der Waals surface area contributed by atoms with Crippen molar-refractivity contribution in [1.29, 1.82) is 0 Å². The topological polar surface area (TPSA) is 29.5 Å². The fourth-order valence-corrected chi connectivity index (χ4v) is 3.78. The van der Waals surface area contributed by atoms with Crippen molar-refractivity contribution in [2.45, 2.75) is 64.2 Å². The summed E-state index contributed by atoms with van der Waals surface area (Å²) in [5.74, 6) is 0.195. The first-order valence-corrected chi connectivity index (χ1v) is 11.5. The SMILES string of the molecule is O=C(c1ccc(CCCCOCCCCCCBr)cc1)N1CCCCC1. The van der Waals surface area contributed by atoms with E-state index in [1.165, 1.54) is 37.7 Å². The van der Waals surface area contributed by atoms with E-state index in [2.05, 4.69) is 28.1 Å². The van der Waals surface area contributed by atoms with Crippen LogP contribution in [-0.2, 0) is 11.2 Å². The molecular weight excluding hydrogens is 390 g/mol. The van der Waals surface area contributed by atoms with E-state index < -0.39 is 0 Å². The van der Waals surface area contributed by atoms with Crippen molar-refractivity contribution in [3.8, 4) is 0 Å². The van der Waals surface area contributed by atoms with Crippen LogP contribution in [0.15, 0.2) is 24.3 Å². The Labute approximate surface area is 167 Å². The van der Waals surface area contributed by atoms with E-state index in [4.69, 9.17) is 4.74 Å². The lowest BCUT2D eigenvalue weighted by Gasteiger charge is -2.26. The number of aryl methyl sites for hydroxylation is 1. The average Bonchev–Trinajstić information content (AvgIpc) is 2.70. The van der Waals surface area contributed by atoms with E-state index in [0.717, 1.165) is 69.3 Å². The maximum absolute atomic E-state index is 12.5. The van der Waals surface area contributed by atoms with Gasteiger partial charge in [0.1, 0.15) is 0 Å². The van der Waals surface area contributed by atoms with Crippen molar-refractivity contribution in [1.82, 2.24) is 4.90 Å². The predicted octanol–water partition coefficient (Wildman–Crippen LogP) is 5.61. The second kappa shape index (κ2) is 13.3. The minimum atomic E-state index is 0.195. The standard InChI is InChI=1S/C22H34BrNO2/c23-15-5-1-2-8-18-26-19-9-4-10-20-11-13-21(14-12-20)22(25)24-16-6-3-7-17-24/h11-14H,1-10,15-19H2. The molecule has 0 atom stereocenters. The molecule has 1 aliphatic rings. The lowest BCUT2D eigenvalue weighted by atomic mass is 10.0. The van der Waals surface area contributed by atoms with Gasteiger partial charge in [0.15, 0.2) is 0 Å². The van der Waals surface area contributed by atoms with Crippen LogP contribution in [0.2, 0.25) is 0 Å². The Kier molecular flexibility index (Phi) is 11.0. The molecule has 1 aromatic rings. The van der Waals surface area contributed by atoms with Gasteiger partial charge < -0.3 is 9.64 Å². The van der Waals surface area contributed by atoms with Crippen LogP contribution in [0.25, 0.3) is 0 Å². The maximum atomic E-state index is 12.5. The van der Waals surface area contributed by atoms with Crippen LogP contribution < -0.4 is 0 Å². The first-order valence-electron chi connectivity index (χ1n) is 10.3. The van der Waals surface area contributed by atoms with Gasteiger partial charge in [0.25, 0.3) is 5.91 Å². The van der Waals surface area contributed by atoms with Gasteiger partial charge in [-0.2, -0.15) is 0 Å². The highest BCUT2D eigenvalue weighted by Gasteiger charge is 2.17. The van der Waals surface area contributed by atoms with Gasteiger partial charge in [0, 0.05) is 37.2 Å². The molecule has 3 nitrogen and oxygen atoms in total. The molecular formula is C22H34BrNO2. The van der Waals surface area contributed by atoms with Crippen molar-refractivity contribution in [2.24, 2.45) is 0 Å². The Morgan fingerprint density at radius 1 is 0.885 bits per heavy atom. The van der Waals surface area contributed by atoms with Crippen LogP contribution in [0, 0.1) is 0 Å². The number of halogens is 1. The number of carbonyl (C=O) groups excluding carboxylic acids is 1.